The monoisotopic (exact) mass is 394 g/mol. The third kappa shape index (κ3) is 4.41. The SMILES string of the molecule is C=CC(C)(O)CCC(S(=O)(=O)c1ccccc1)S(=O)(=O)c1ccccc1. The molecule has 0 radical (unpaired) electrons. The standard InChI is InChI=1S/C19H22O5S2/c1-3-19(2,20)15-14-18(25(21,22)16-10-6-4-7-11-16)26(23,24)17-12-8-5-9-13-17/h3-13,18,20H,1,14-15H2,2H3. The minimum Gasteiger partial charge on any atom is -0.386 e. The van der Waals surface area contributed by atoms with Crippen molar-refractivity contribution in [3.05, 3.63) is 73.3 Å². The van der Waals surface area contributed by atoms with Crippen LogP contribution in [-0.2, 0) is 19.7 Å². The first-order chi connectivity index (χ1) is 12.1. The van der Waals surface area contributed by atoms with Gasteiger partial charge in [0.2, 0.25) is 0 Å². The highest BCUT2D eigenvalue weighted by Crippen LogP contribution is 2.30. The molecule has 0 saturated carbocycles. The predicted octanol–water partition coefficient (Wildman–Crippen LogP) is 2.98. The van der Waals surface area contributed by atoms with Gasteiger partial charge in [0.1, 0.15) is 0 Å². The molecule has 1 N–H and O–H groups in total. The number of aliphatic hydroxyl groups is 1. The van der Waals surface area contributed by atoms with Gasteiger partial charge in [-0.1, -0.05) is 42.5 Å². The van der Waals surface area contributed by atoms with Gasteiger partial charge in [-0.2, -0.15) is 0 Å². The van der Waals surface area contributed by atoms with E-state index in [4.69, 9.17) is 0 Å². The first kappa shape index (κ1) is 20.4. The molecular weight excluding hydrogens is 372 g/mol. The van der Waals surface area contributed by atoms with E-state index in [0.29, 0.717) is 0 Å². The van der Waals surface area contributed by atoms with Crippen LogP contribution in [0.3, 0.4) is 0 Å². The fourth-order valence-corrected chi connectivity index (χ4v) is 7.05. The highest BCUT2D eigenvalue weighted by molar-refractivity contribution is 8.09. The predicted molar refractivity (Wildman–Crippen MR) is 101 cm³/mol. The lowest BCUT2D eigenvalue weighted by Crippen LogP contribution is -2.33. The largest absolute Gasteiger partial charge is 0.386 e. The molecule has 1 atom stereocenters. The number of sulfone groups is 2. The fraction of sp³-hybridized carbons (Fsp3) is 0.263. The quantitative estimate of drug-likeness (QED) is 0.696. The Morgan fingerprint density at radius 3 is 1.65 bits per heavy atom. The van der Waals surface area contributed by atoms with Crippen LogP contribution in [0.2, 0.25) is 0 Å². The maximum absolute atomic E-state index is 13.1. The zero-order chi connectivity index (χ0) is 19.4. The molecule has 0 heterocycles. The molecule has 0 saturated heterocycles. The average Bonchev–Trinajstić information content (AvgIpc) is 2.63. The maximum Gasteiger partial charge on any atom is 0.195 e. The van der Waals surface area contributed by atoms with Crippen molar-refractivity contribution in [2.45, 2.75) is 39.7 Å². The van der Waals surface area contributed by atoms with E-state index in [2.05, 4.69) is 6.58 Å². The molecule has 0 spiro atoms. The molecule has 140 valence electrons. The molecule has 2 aromatic carbocycles. The number of hydrogen-bond donors (Lipinski definition) is 1. The molecule has 0 aliphatic carbocycles. The Morgan fingerprint density at radius 1 is 0.923 bits per heavy atom. The second-order valence-corrected chi connectivity index (χ2v) is 10.8. The zero-order valence-electron chi connectivity index (χ0n) is 14.4. The van der Waals surface area contributed by atoms with E-state index >= 15 is 0 Å². The normalized spacial score (nSPS) is 14.7. The van der Waals surface area contributed by atoms with Crippen LogP contribution in [0.1, 0.15) is 19.8 Å². The Kier molecular flexibility index (Phi) is 6.05. The van der Waals surface area contributed by atoms with Gasteiger partial charge in [0.25, 0.3) is 0 Å². The summed E-state index contributed by atoms with van der Waals surface area (Å²) >= 11 is 0. The molecule has 2 aromatic rings. The van der Waals surface area contributed by atoms with E-state index < -0.39 is 29.9 Å². The molecule has 0 aromatic heterocycles. The van der Waals surface area contributed by atoms with Gasteiger partial charge in [-0.3, -0.25) is 0 Å². The molecule has 0 aliphatic rings. The summed E-state index contributed by atoms with van der Waals surface area (Å²) in [4.78, 5) is -0.134. The second-order valence-electron chi connectivity index (χ2n) is 6.25. The number of hydrogen-bond acceptors (Lipinski definition) is 5. The molecular formula is C19H22O5S2. The molecule has 0 aliphatic heterocycles. The van der Waals surface area contributed by atoms with Crippen molar-refractivity contribution in [1.29, 1.82) is 0 Å². The molecule has 0 amide bonds. The van der Waals surface area contributed by atoms with Gasteiger partial charge in [0.05, 0.1) is 15.4 Å². The smallest absolute Gasteiger partial charge is 0.195 e. The zero-order valence-corrected chi connectivity index (χ0v) is 16.1. The van der Waals surface area contributed by atoms with Crippen LogP contribution in [0.5, 0.6) is 0 Å². The highest BCUT2D eigenvalue weighted by atomic mass is 32.3. The Labute approximate surface area is 154 Å². The van der Waals surface area contributed by atoms with E-state index in [0.717, 1.165) is 0 Å². The van der Waals surface area contributed by atoms with E-state index in [9.17, 15) is 21.9 Å². The molecule has 0 fully saturated rings. The molecule has 7 heteroatoms. The third-order valence-corrected chi connectivity index (χ3v) is 9.40. The van der Waals surface area contributed by atoms with Gasteiger partial charge in [0.15, 0.2) is 24.3 Å². The van der Waals surface area contributed by atoms with Gasteiger partial charge in [-0.05, 0) is 44.0 Å². The summed E-state index contributed by atoms with van der Waals surface area (Å²) in [5.41, 5.74) is -1.36. The van der Waals surface area contributed by atoms with Crippen molar-refractivity contribution < 1.29 is 21.9 Å². The Hall–Kier alpha value is -1.96. The van der Waals surface area contributed by atoms with Crippen molar-refractivity contribution in [3.63, 3.8) is 0 Å². The molecule has 0 bridgehead atoms. The molecule has 26 heavy (non-hydrogen) atoms. The van der Waals surface area contributed by atoms with E-state index in [1.807, 2.05) is 0 Å². The van der Waals surface area contributed by atoms with Crippen molar-refractivity contribution >= 4 is 19.7 Å². The van der Waals surface area contributed by atoms with Crippen LogP contribution in [0.25, 0.3) is 0 Å². The van der Waals surface area contributed by atoms with Gasteiger partial charge in [-0.25, -0.2) is 16.8 Å². The van der Waals surface area contributed by atoms with Crippen LogP contribution in [0.4, 0.5) is 0 Å². The number of benzene rings is 2. The minimum atomic E-state index is -4.17. The summed E-state index contributed by atoms with van der Waals surface area (Å²) < 4.78 is 50.6. The van der Waals surface area contributed by atoms with Crippen LogP contribution in [-0.4, -0.2) is 32.1 Å². The van der Waals surface area contributed by atoms with E-state index in [1.165, 1.54) is 37.3 Å². The van der Waals surface area contributed by atoms with Gasteiger partial charge < -0.3 is 5.11 Å². The van der Waals surface area contributed by atoms with Crippen LogP contribution < -0.4 is 0 Å². The van der Waals surface area contributed by atoms with E-state index in [1.54, 1.807) is 36.4 Å². The third-order valence-electron chi connectivity index (χ3n) is 4.16. The number of rotatable bonds is 8. The Morgan fingerprint density at radius 2 is 1.31 bits per heavy atom. The van der Waals surface area contributed by atoms with E-state index in [-0.39, 0.29) is 22.6 Å². The Balaban J connectivity index is 2.55. The summed E-state index contributed by atoms with van der Waals surface area (Å²) in [6.45, 7) is 4.96. The summed E-state index contributed by atoms with van der Waals surface area (Å²) in [5.74, 6) is 0. The fourth-order valence-electron chi connectivity index (χ4n) is 2.51. The summed E-state index contributed by atoms with van der Waals surface area (Å²) in [6.07, 6.45) is 0.959. The van der Waals surface area contributed by atoms with Crippen LogP contribution in [0.15, 0.2) is 83.1 Å². The van der Waals surface area contributed by atoms with Gasteiger partial charge in [-0.15, -0.1) is 6.58 Å². The summed E-state index contributed by atoms with van der Waals surface area (Å²) in [7, 11) is -8.34. The summed E-state index contributed by atoms with van der Waals surface area (Å²) in [5, 5.41) is 10.1. The van der Waals surface area contributed by atoms with Crippen molar-refractivity contribution in [2.75, 3.05) is 0 Å². The highest BCUT2D eigenvalue weighted by Gasteiger charge is 2.40. The van der Waals surface area contributed by atoms with Gasteiger partial charge >= 0.3 is 0 Å². The van der Waals surface area contributed by atoms with Crippen molar-refractivity contribution in [1.82, 2.24) is 0 Å². The first-order valence-corrected chi connectivity index (χ1v) is 11.1. The lowest BCUT2D eigenvalue weighted by Gasteiger charge is -2.23. The maximum atomic E-state index is 13.1. The van der Waals surface area contributed by atoms with Crippen molar-refractivity contribution in [2.24, 2.45) is 0 Å². The van der Waals surface area contributed by atoms with Crippen molar-refractivity contribution in [3.8, 4) is 0 Å². The molecule has 2 rings (SSSR count). The topological polar surface area (TPSA) is 88.5 Å². The lowest BCUT2D eigenvalue weighted by atomic mass is 10.0. The lowest BCUT2D eigenvalue weighted by molar-refractivity contribution is 0.101. The Bertz CT molecular complexity index is 878. The average molecular weight is 395 g/mol. The molecule has 5 nitrogen and oxygen atoms in total. The van der Waals surface area contributed by atoms with Crippen LogP contribution >= 0.6 is 0 Å². The minimum absolute atomic E-state index is 0.0563. The first-order valence-electron chi connectivity index (χ1n) is 8.05. The second kappa shape index (κ2) is 7.73. The van der Waals surface area contributed by atoms with Crippen LogP contribution in [0, 0.1) is 0 Å². The summed E-state index contributed by atoms with van der Waals surface area (Å²) in [6, 6.07) is 15.0. The molecule has 1 unspecified atom stereocenters. The van der Waals surface area contributed by atoms with Gasteiger partial charge in [0, 0.05) is 0 Å².